The average Bonchev–Trinajstić information content (AvgIpc) is 2.81. The van der Waals surface area contributed by atoms with Gasteiger partial charge >= 0.3 is 5.97 Å². The van der Waals surface area contributed by atoms with Crippen molar-refractivity contribution in [2.24, 2.45) is 0 Å². The van der Waals surface area contributed by atoms with Crippen LogP contribution in [0.1, 0.15) is 33.9 Å². The van der Waals surface area contributed by atoms with Crippen LogP contribution in [-0.4, -0.2) is 23.3 Å². The van der Waals surface area contributed by atoms with E-state index in [-0.39, 0.29) is 11.2 Å². The summed E-state index contributed by atoms with van der Waals surface area (Å²) >= 11 is 4.38. The van der Waals surface area contributed by atoms with E-state index in [9.17, 15) is 4.79 Å². The molecule has 0 spiro atoms. The molecule has 0 aliphatic carbocycles. The summed E-state index contributed by atoms with van der Waals surface area (Å²) in [6.45, 7) is 0.603. The zero-order chi connectivity index (χ0) is 17.6. The Hall–Kier alpha value is -1.21. The highest BCUT2D eigenvalue weighted by molar-refractivity contribution is 14.1. The van der Waals surface area contributed by atoms with Gasteiger partial charge in [-0.2, -0.15) is 0 Å². The maximum Gasteiger partial charge on any atom is 0.305 e. The van der Waals surface area contributed by atoms with Gasteiger partial charge in [-0.05, 0) is 29.2 Å². The number of fused-ring (bicyclic) bond motifs is 2. The van der Waals surface area contributed by atoms with Crippen LogP contribution >= 0.6 is 34.4 Å². The molecule has 132 valence electrons. The van der Waals surface area contributed by atoms with Crippen molar-refractivity contribution >= 4 is 40.3 Å². The normalized spacial score (nSPS) is 15.5. The van der Waals surface area contributed by atoms with Gasteiger partial charge in [0.15, 0.2) is 0 Å². The lowest BCUT2D eigenvalue weighted by atomic mass is 9.97. The van der Waals surface area contributed by atoms with Gasteiger partial charge in [-0.25, -0.2) is 0 Å². The number of alkyl halides is 1. The number of carbonyl (C=O) groups is 1. The summed E-state index contributed by atoms with van der Waals surface area (Å²) in [5, 5.41) is 0.265. The molecule has 25 heavy (non-hydrogen) atoms. The monoisotopic (exact) mass is 468 g/mol. The van der Waals surface area contributed by atoms with E-state index in [0.717, 1.165) is 21.5 Å². The van der Waals surface area contributed by atoms with Gasteiger partial charge in [-0.1, -0.05) is 59.0 Å². The van der Waals surface area contributed by atoms with E-state index in [1.165, 1.54) is 23.8 Å². The Morgan fingerprint density at radius 3 is 2.92 bits per heavy atom. The molecule has 0 aromatic heterocycles. The number of hydrogen-bond acceptors (Lipinski definition) is 4. The maximum atomic E-state index is 11.4. The van der Waals surface area contributed by atoms with Gasteiger partial charge in [0.25, 0.3) is 0 Å². The largest absolute Gasteiger partial charge is 0.489 e. The van der Waals surface area contributed by atoms with Crippen LogP contribution in [0.3, 0.4) is 0 Å². The molecule has 0 radical (unpaired) electrons. The van der Waals surface area contributed by atoms with Crippen molar-refractivity contribution in [1.29, 1.82) is 0 Å². The molecule has 0 N–H and O–H groups in total. The second-order valence-corrected chi connectivity index (χ2v) is 8.17. The maximum absolute atomic E-state index is 11.4. The van der Waals surface area contributed by atoms with Crippen molar-refractivity contribution in [3.05, 3.63) is 64.7 Å². The highest BCUT2D eigenvalue weighted by Gasteiger charge is 2.25. The van der Waals surface area contributed by atoms with E-state index in [4.69, 9.17) is 9.47 Å². The van der Waals surface area contributed by atoms with E-state index in [2.05, 4.69) is 59.0 Å². The molecule has 1 heterocycles. The second kappa shape index (κ2) is 8.94. The van der Waals surface area contributed by atoms with Gasteiger partial charge in [-0.3, -0.25) is 4.79 Å². The summed E-state index contributed by atoms with van der Waals surface area (Å²) < 4.78 is 11.9. The molecule has 2 aromatic rings. The molecule has 0 saturated heterocycles. The number of thioether (sulfide) groups is 1. The van der Waals surface area contributed by atoms with Crippen molar-refractivity contribution in [2.75, 3.05) is 17.3 Å². The minimum Gasteiger partial charge on any atom is -0.489 e. The van der Waals surface area contributed by atoms with Crippen molar-refractivity contribution in [1.82, 2.24) is 0 Å². The molecule has 1 atom stereocenters. The lowest BCUT2D eigenvalue weighted by Gasteiger charge is -2.19. The first kappa shape index (κ1) is 18.6. The third kappa shape index (κ3) is 4.50. The van der Waals surface area contributed by atoms with Crippen LogP contribution in [0.5, 0.6) is 5.75 Å². The number of esters is 1. The van der Waals surface area contributed by atoms with Crippen LogP contribution in [0, 0.1) is 0 Å². The standard InChI is InChI=1S/C20H21IO3S/c1-23-19(22)9-7-14-6-8-18-17(12-14)20(25-11-10-21)16-5-3-2-4-15(16)13-24-18/h2-6,8,12,20H,7,9-11,13H2,1H3. The predicted molar refractivity (Wildman–Crippen MR) is 111 cm³/mol. The van der Waals surface area contributed by atoms with E-state index in [1.54, 1.807) is 0 Å². The summed E-state index contributed by atoms with van der Waals surface area (Å²) in [5.41, 5.74) is 4.94. The first-order valence-electron chi connectivity index (χ1n) is 8.30. The van der Waals surface area contributed by atoms with Gasteiger partial charge in [-0.15, -0.1) is 11.8 Å². The van der Waals surface area contributed by atoms with Crippen molar-refractivity contribution in [2.45, 2.75) is 24.7 Å². The number of carbonyl (C=O) groups excluding carboxylic acids is 1. The van der Waals surface area contributed by atoms with Crippen molar-refractivity contribution in [3.63, 3.8) is 0 Å². The van der Waals surface area contributed by atoms with Gasteiger partial charge in [0.05, 0.1) is 12.4 Å². The Morgan fingerprint density at radius 1 is 1.28 bits per heavy atom. The first-order chi connectivity index (χ1) is 12.2. The third-order valence-corrected chi connectivity index (χ3v) is 6.84. The number of aryl methyl sites for hydroxylation is 1. The number of benzene rings is 2. The Kier molecular flexibility index (Phi) is 6.64. The summed E-state index contributed by atoms with van der Waals surface area (Å²) in [6, 6.07) is 14.8. The van der Waals surface area contributed by atoms with Crippen LogP contribution in [-0.2, 0) is 22.6 Å². The molecular weight excluding hydrogens is 447 g/mol. The molecule has 3 nitrogen and oxygen atoms in total. The number of hydrogen-bond donors (Lipinski definition) is 0. The molecule has 0 amide bonds. The van der Waals surface area contributed by atoms with Crippen LogP contribution in [0.25, 0.3) is 0 Å². The molecule has 0 fully saturated rings. The summed E-state index contributed by atoms with van der Waals surface area (Å²) in [6.07, 6.45) is 1.09. The summed E-state index contributed by atoms with van der Waals surface area (Å²) in [7, 11) is 1.43. The molecular formula is C20H21IO3S. The Balaban J connectivity index is 1.95. The highest BCUT2D eigenvalue weighted by atomic mass is 127. The van der Waals surface area contributed by atoms with Crippen LogP contribution in [0.2, 0.25) is 0 Å². The minimum atomic E-state index is -0.174. The summed E-state index contributed by atoms with van der Waals surface area (Å²) in [5.74, 6) is 1.86. The molecule has 0 bridgehead atoms. The van der Waals surface area contributed by atoms with Crippen molar-refractivity contribution < 1.29 is 14.3 Å². The minimum absolute atomic E-state index is 0.174. The molecule has 1 aliphatic heterocycles. The highest BCUT2D eigenvalue weighted by Crippen LogP contribution is 2.44. The van der Waals surface area contributed by atoms with Gasteiger partial charge in [0.1, 0.15) is 12.4 Å². The lowest BCUT2D eigenvalue weighted by Crippen LogP contribution is -2.04. The SMILES string of the molecule is COC(=O)CCc1ccc2c(c1)C(SCCI)c1ccccc1CO2. The first-order valence-corrected chi connectivity index (χ1v) is 10.9. The molecule has 2 aromatic carbocycles. The van der Waals surface area contributed by atoms with Gasteiger partial charge in [0, 0.05) is 22.2 Å². The number of ether oxygens (including phenoxy) is 2. The Morgan fingerprint density at radius 2 is 2.12 bits per heavy atom. The average molecular weight is 468 g/mol. The molecule has 1 unspecified atom stereocenters. The predicted octanol–water partition coefficient (Wildman–Crippen LogP) is 4.94. The number of rotatable bonds is 6. The van der Waals surface area contributed by atoms with Crippen LogP contribution in [0.15, 0.2) is 42.5 Å². The Bertz CT molecular complexity index is 747. The topological polar surface area (TPSA) is 35.5 Å². The fourth-order valence-corrected chi connectivity index (χ4v) is 4.89. The van der Waals surface area contributed by atoms with E-state index < -0.39 is 0 Å². The smallest absolute Gasteiger partial charge is 0.305 e. The third-order valence-electron chi connectivity index (χ3n) is 4.28. The summed E-state index contributed by atoms with van der Waals surface area (Å²) in [4.78, 5) is 11.4. The molecule has 5 heteroatoms. The van der Waals surface area contributed by atoms with E-state index in [1.807, 2.05) is 17.8 Å². The zero-order valence-corrected chi connectivity index (χ0v) is 17.1. The fourth-order valence-electron chi connectivity index (χ4n) is 3.02. The van der Waals surface area contributed by atoms with E-state index in [0.29, 0.717) is 19.4 Å². The van der Waals surface area contributed by atoms with Crippen LogP contribution < -0.4 is 4.74 Å². The molecule has 1 aliphatic rings. The van der Waals surface area contributed by atoms with Crippen molar-refractivity contribution in [3.8, 4) is 5.75 Å². The quantitative estimate of drug-likeness (QED) is 0.342. The second-order valence-electron chi connectivity index (χ2n) is 5.88. The van der Waals surface area contributed by atoms with Gasteiger partial charge < -0.3 is 9.47 Å². The molecule has 3 rings (SSSR count). The number of methoxy groups -OCH3 is 1. The Labute approximate surface area is 166 Å². The van der Waals surface area contributed by atoms with E-state index >= 15 is 0 Å². The number of halogens is 1. The lowest BCUT2D eigenvalue weighted by molar-refractivity contribution is -0.140. The fraction of sp³-hybridized carbons (Fsp3) is 0.350. The zero-order valence-electron chi connectivity index (χ0n) is 14.2. The van der Waals surface area contributed by atoms with Crippen LogP contribution in [0.4, 0.5) is 0 Å². The van der Waals surface area contributed by atoms with Gasteiger partial charge in [0.2, 0.25) is 0 Å². The molecule has 0 saturated carbocycles.